The van der Waals surface area contributed by atoms with Crippen molar-refractivity contribution in [2.45, 2.75) is 0 Å². The molecular formula is C24H16N6O. The van der Waals surface area contributed by atoms with Gasteiger partial charge in [0.25, 0.3) is 0 Å². The molecular weight excluding hydrogens is 388 g/mol. The number of pyridine rings is 3. The van der Waals surface area contributed by atoms with Crippen LogP contribution in [0.5, 0.6) is 5.75 Å². The van der Waals surface area contributed by atoms with E-state index in [0.717, 1.165) is 55.4 Å². The Labute approximate surface area is 176 Å². The number of nitrogens with zero attached hydrogens (tertiary/aromatic N) is 4. The summed E-state index contributed by atoms with van der Waals surface area (Å²) in [5.74, 6) is 0.136. The van der Waals surface area contributed by atoms with Gasteiger partial charge in [-0.3, -0.25) is 20.1 Å². The molecule has 3 N–H and O–H groups in total. The van der Waals surface area contributed by atoms with Crippen LogP contribution < -0.4 is 0 Å². The summed E-state index contributed by atoms with van der Waals surface area (Å²) < 4.78 is 0. The highest BCUT2D eigenvalue weighted by Gasteiger charge is 2.14. The van der Waals surface area contributed by atoms with Crippen molar-refractivity contribution in [2.75, 3.05) is 0 Å². The highest BCUT2D eigenvalue weighted by atomic mass is 16.3. The van der Waals surface area contributed by atoms with Crippen LogP contribution in [-0.4, -0.2) is 35.2 Å². The van der Waals surface area contributed by atoms with E-state index in [2.05, 4.69) is 42.3 Å². The molecule has 0 amide bonds. The second-order valence-corrected chi connectivity index (χ2v) is 7.33. The quantitative estimate of drug-likeness (QED) is 0.388. The van der Waals surface area contributed by atoms with Gasteiger partial charge in [-0.15, -0.1) is 0 Å². The lowest BCUT2D eigenvalue weighted by Gasteiger charge is -2.02. The van der Waals surface area contributed by atoms with E-state index in [-0.39, 0.29) is 5.75 Å². The molecule has 0 spiro atoms. The molecule has 1 aromatic carbocycles. The van der Waals surface area contributed by atoms with Crippen LogP contribution in [0.1, 0.15) is 0 Å². The number of hydrogen-bond donors (Lipinski definition) is 3. The molecule has 0 radical (unpaired) electrons. The molecule has 6 aromatic rings. The lowest BCUT2D eigenvalue weighted by atomic mass is 10.0. The molecule has 0 saturated heterocycles. The summed E-state index contributed by atoms with van der Waals surface area (Å²) >= 11 is 0. The third kappa shape index (κ3) is 2.91. The Morgan fingerprint density at radius 2 is 1.55 bits per heavy atom. The van der Waals surface area contributed by atoms with Gasteiger partial charge in [0.1, 0.15) is 11.4 Å². The first-order valence-electron chi connectivity index (χ1n) is 9.76. The zero-order valence-corrected chi connectivity index (χ0v) is 16.2. The molecule has 0 bridgehead atoms. The lowest BCUT2D eigenvalue weighted by Crippen LogP contribution is -1.82. The largest absolute Gasteiger partial charge is 0.506 e. The summed E-state index contributed by atoms with van der Waals surface area (Å²) in [5, 5.41) is 19.5. The number of aromatic amines is 2. The Kier molecular flexibility index (Phi) is 3.79. The van der Waals surface area contributed by atoms with E-state index < -0.39 is 0 Å². The van der Waals surface area contributed by atoms with Gasteiger partial charge in [0.05, 0.1) is 29.1 Å². The van der Waals surface area contributed by atoms with Crippen molar-refractivity contribution >= 4 is 21.8 Å². The third-order valence-electron chi connectivity index (χ3n) is 5.41. The summed E-state index contributed by atoms with van der Waals surface area (Å²) in [6.45, 7) is 0. The Hall–Kier alpha value is -4.52. The molecule has 0 fully saturated rings. The molecule has 0 aliphatic heterocycles. The maximum atomic E-state index is 9.78. The van der Waals surface area contributed by atoms with Crippen molar-refractivity contribution in [1.82, 2.24) is 30.1 Å². The van der Waals surface area contributed by atoms with Crippen LogP contribution in [0.4, 0.5) is 0 Å². The van der Waals surface area contributed by atoms with Crippen molar-refractivity contribution < 1.29 is 5.11 Å². The first-order valence-corrected chi connectivity index (χ1v) is 9.76. The van der Waals surface area contributed by atoms with Crippen molar-refractivity contribution in [3.63, 3.8) is 0 Å². The van der Waals surface area contributed by atoms with Crippen molar-refractivity contribution in [3.05, 3.63) is 79.6 Å². The van der Waals surface area contributed by atoms with Gasteiger partial charge in [-0.2, -0.15) is 5.10 Å². The number of rotatable bonds is 3. The predicted octanol–water partition coefficient (Wildman–Crippen LogP) is 4.94. The molecule has 31 heavy (non-hydrogen) atoms. The maximum Gasteiger partial charge on any atom is 0.134 e. The number of hydrogen-bond acceptors (Lipinski definition) is 5. The van der Waals surface area contributed by atoms with E-state index in [1.807, 2.05) is 36.7 Å². The molecule has 6 rings (SSSR count). The van der Waals surface area contributed by atoms with E-state index >= 15 is 0 Å². The minimum Gasteiger partial charge on any atom is -0.506 e. The van der Waals surface area contributed by atoms with Crippen LogP contribution in [0.2, 0.25) is 0 Å². The van der Waals surface area contributed by atoms with Crippen LogP contribution in [0, 0.1) is 0 Å². The SMILES string of the molecule is Oc1cncc(-c2ccc3[nH]nc(-c4cc5c(-c6ccncc6)cncc5[nH]4)c3c2)c1. The zero-order chi connectivity index (χ0) is 20.8. The van der Waals surface area contributed by atoms with E-state index in [9.17, 15) is 5.11 Å². The molecule has 5 aromatic heterocycles. The second-order valence-electron chi connectivity index (χ2n) is 7.33. The van der Waals surface area contributed by atoms with Gasteiger partial charge in [0, 0.05) is 46.7 Å². The number of fused-ring (bicyclic) bond motifs is 2. The number of H-pyrrole nitrogens is 2. The number of aromatic nitrogens is 6. The smallest absolute Gasteiger partial charge is 0.134 e. The molecule has 7 heteroatoms. The molecule has 7 nitrogen and oxygen atoms in total. The zero-order valence-electron chi connectivity index (χ0n) is 16.2. The van der Waals surface area contributed by atoms with Crippen LogP contribution in [0.15, 0.2) is 79.6 Å². The van der Waals surface area contributed by atoms with E-state index in [4.69, 9.17) is 0 Å². The van der Waals surface area contributed by atoms with Gasteiger partial charge < -0.3 is 10.1 Å². The van der Waals surface area contributed by atoms with Gasteiger partial charge in [-0.1, -0.05) is 6.07 Å². The van der Waals surface area contributed by atoms with Crippen LogP contribution >= 0.6 is 0 Å². The molecule has 0 atom stereocenters. The predicted molar refractivity (Wildman–Crippen MR) is 119 cm³/mol. The molecule has 0 unspecified atom stereocenters. The van der Waals surface area contributed by atoms with Gasteiger partial charge in [0.15, 0.2) is 0 Å². The number of benzene rings is 1. The Morgan fingerprint density at radius 1 is 0.677 bits per heavy atom. The first kappa shape index (κ1) is 17.3. The summed E-state index contributed by atoms with van der Waals surface area (Å²) in [7, 11) is 0. The van der Waals surface area contributed by atoms with Gasteiger partial charge in [-0.25, -0.2) is 0 Å². The topological polar surface area (TPSA) is 103 Å². The fourth-order valence-electron chi connectivity index (χ4n) is 3.92. The van der Waals surface area contributed by atoms with Gasteiger partial charge >= 0.3 is 0 Å². The van der Waals surface area contributed by atoms with Crippen molar-refractivity contribution in [3.8, 4) is 39.4 Å². The standard InChI is InChI=1S/C24H16N6O/c31-17-7-16(10-26-11-17)15-1-2-21-19(8-15)24(30-29-21)22-9-18-20(12-27-13-23(18)28-22)14-3-5-25-6-4-14/h1-13,28,31H,(H,29,30). The summed E-state index contributed by atoms with van der Waals surface area (Å²) in [6.07, 6.45) is 10.4. The van der Waals surface area contributed by atoms with Crippen LogP contribution in [0.25, 0.3) is 55.4 Å². The summed E-state index contributed by atoms with van der Waals surface area (Å²) in [4.78, 5) is 16.0. The fraction of sp³-hybridized carbons (Fsp3) is 0. The highest BCUT2D eigenvalue weighted by Crippen LogP contribution is 2.34. The van der Waals surface area contributed by atoms with Gasteiger partial charge in [-0.05, 0) is 47.5 Å². The van der Waals surface area contributed by atoms with Crippen LogP contribution in [-0.2, 0) is 0 Å². The Bertz CT molecular complexity index is 1550. The minimum absolute atomic E-state index is 0.136. The second kappa shape index (κ2) is 6.77. The Balaban J connectivity index is 1.51. The highest BCUT2D eigenvalue weighted by molar-refractivity contribution is 6.01. The van der Waals surface area contributed by atoms with Crippen molar-refractivity contribution in [2.24, 2.45) is 0 Å². The fourth-order valence-corrected chi connectivity index (χ4v) is 3.92. The van der Waals surface area contributed by atoms with E-state index in [0.29, 0.717) is 0 Å². The average molecular weight is 404 g/mol. The number of nitrogens with one attached hydrogen (secondary N) is 2. The average Bonchev–Trinajstić information content (AvgIpc) is 3.43. The van der Waals surface area contributed by atoms with Crippen LogP contribution in [0.3, 0.4) is 0 Å². The maximum absolute atomic E-state index is 9.78. The van der Waals surface area contributed by atoms with Crippen molar-refractivity contribution in [1.29, 1.82) is 0 Å². The normalized spacial score (nSPS) is 11.4. The lowest BCUT2D eigenvalue weighted by molar-refractivity contribution is 0.473. The Morgan fingerprint density at radius 3 is 2.42 bits per heavy atom. The molecule has 148 valence electrons. The molecule has 5 heterocycles. The summed E-state index contributed by atoms with van der Waals surface area (Å²) in [5.41, 5.74) is 7.48. The molecule has 0 saturated carbocycles. The summed E-state index contributed by atoms with van der Waals surface area (Å²) in [6, 6.07) is 13.8. The minimum atomic E-state index is 0.136. The molecule has 0 aliphatic rings. The number of aromatic hydroxyl groups is 1. The van der Waals surface area contributed by atoms with Gasteiger partial charge in [0.2, 0.25) is 0 Å². The van der Waals surface area contributed by atoms with E-state index in [1.165, 1.54) is 6.20 Å². The first-order chi connectivity index (χ1) is 15.3. The van der Waals surface area contributed by atoms with E-state index in [1.54, 1.807) is 24.7 Å². The molecule has 0 aliphatic carbocycles. The third-order valence-corrected chi connectivity index (χ3v) is 5.41. The monoisotopic (exact) mass is 404 g/mol.